The Kier molecular flexibility index (Phi) is 678. The van der Waals surface area contributed by atoms with E-state index in [1.165, 1.54) is 0 Å². The minimum absolute atomic E-state index is 0. The second-order valence-corrected chi connectivity index (χ2v) is 1.56. The molecule has 0 N–H and O–H groups in total. The molecular formula is C12H12Co2O6. The average molecular weight is 370 g/mol. The van der Waals surface area contributed by atoms with E-state index in [9.17, 15) is 0 Å². The van der Waals surface area contributed by atoms with Gasteiger partial charge in [-0.25, -0.2) is 0 Å². The molecule has 6 nitrogen and oxygen atoms in total. The molecule has 114 valence electrons. The van der Waals surface area contributed by atoms with Crippen molar-refractivity contribution in [2.24, 2.45) is 0 Å². The predicted octanol–water partition coefficient (Wildman–Crippen LogP) is 1.44. The van der Waals surface area contributed by atoms with Gasteiger partial charge < -0.3 is 9.59 Å². The van der Waals surface area contributed by atoms with Gasteiger partial charge in [-0.15, -0.1) is 0 Å². The van der Waals surface area contributed by atoms with Crippen molar-refractivity contribution in [1.29, 1.82) is 0 Å². The molecule has 0 spiro atoms. The SMILES string of the molecule is C=C(C)C(=C)C.[C-]#[O+].[C-]#[O+].[C-]#[O+].[C-]#[O+].[CH-]=O.[CH-]=O.[Co+2].[Co]. The summed E-state index contributed by atoms with van der Waals surface area (Å²) in [7, 11) is 0. The van der Waals surface area contributed by atoms with Crippen LogP contribution in [0.3, 0.4) is 0 Å². The zero-order valence-electron chi connectivity index (χ0n) is 10.7. The summed E-state index contributed by atoms with van der Waals surface area (Å²) >= 11 is 0. The van der Waals surface area contributed by atoms with Crippen molar-refractivity contribution < 1.29 is 61.8 Å². The van der Waals surface area contributed by atoms with E-state index in [2.05, 4.69) is 53.3 Å². The van der Waals surface area contributed by atoms with Gasteiger partial charge in [0.25, 0.3) is 0 Å². The molecule has 0 aliphatic rings. The van der Waals surface area contributed by atoms with E-state index in [-0.39, 0.29) is 33.6 Å². The molecule has 0 rings (SSSR count). The molecule has 0 fully saturated rings. The van der Waals surface area contributed by atoms with Gasteiger partial charge in [0, 0.05) is 16.8 Å². The maximum atomic E-state index is 7.75. The fourth-order valence-corrected chi connectivity index (χ4v) is 0. The first-order valence-corrected chi connectivity index (χ1v) is 3.25. The topological polar surface area (TPSA) is 114 Å². The summed E-state index contributed by atoms with van der Waals surface area (Å²) in [4.78, 5) is 15.5. The maximum Gasteiger partial charge on any atom is 2.00 e. The Morgan fingerprint density at radius 2 is 0.750 bits per heavy atom. The second-order valence-electron chi connectivity index (χ2n) is 1.56. The van der Waals surface area contributed by atoms with E-state index < -0.39 is 0 Å². The summed E-state index contributed by atoms with van der Waals surface area (Å²) in [5.41, 5.74) is 2.13. The molecule has 0 saturated heterocycles. The van der Waals surface area contributed by atoms with Gasteiger partial charge in [-0.05, 0) is 13.8 Å². The fraction of sp³-hybridized carbons (Fsp3) is 0.167. The van der Waals surface area contributed by atoms with Gasteiger partial charge in [-0.3, -0.25) is 13.6 Å². The number of rotatable bonds is 1. The Labute approximate surface area is 140 Å². The van der Waals surface area contributed by atoms with Crippen LogP contribution in [0.4, 0.5) is 0 Å². The average Bonchev–Trinajstić information content (AvgIpc) is 2.51. The first kappa shape index (κ1) is 62.0. The van der Waals surface area contributed by atoms with Crippen LogP contribution in [0.15, 0.2) is 24.3 Å². The molecule has 0 aromatic carbocycles. The monoisotopic (exact) mass is 370 g/mol. The van der Waals surface area contributed by atoms with Crippen molar-refractivity contribution in [1.82, 2.24) is 0 Å². The number of hydrogen-bond acceptors (Lipinski definition) is 2. The van der Waals surface area contributed by atoms with Crippen LogP contribution in [-0.4, -0.2) is 13.6 Å². The third-order valence-corrected chi connectivity index (χ3v) is 0.729. The summed E-state index contributed by atoms with van der Waals surface area (Å²) < 4.78 is 30.0. The van der Waals surface area contributed by atoms with Crippen LogP contribution in [0, 0.1) is 26.6 Å². The predicted molar refractivity (Wildman–Crippen MR) is 58.8 cm³/mol. The van der Waals surface area contributed by atoms with Gasteiger partial charge in [0.2, 0.25) is 0 Å². The third kappa shape index (κ3) is 537. The summed E-state index contributed by atoms with van der Waals surface area (Å²) in [6.07, 6.45) is 0. The van der Waals surface area contributed by atoms with Crippen molar-refractivity contribution >= 4 is 13.6 Å². The van der Waals surface area contributed by atoms with Crippen LogP contribution >= 0.6 is 0 Å². The molecule has 0 atom stereocenters. The molecule has 0 heterocycles. The van der Waals surface area contributed by atoms with Gasteiger partial charge in [0.1, 0.15) is 0 Å². The molecule has 0 aliphatic carbocycles. The van der Waals surface area contributed by atoms with Crippen LogP contribution in [0.25, 0.3) is 0 Å². The quantitative estimate of drug-likeness (QED) is 0.301. The molecule has 0 saturated carbocycles. The van der Waals surface area contributed by atoms with Crippen molar-refractivity contribution in [2.45, 2.75) is 13.8 Å². The van der Waals surface area contributed by atoms with Crippen LogP contribution in [0.2, 0.25) is 0 Å². The summed E-state index contributed by atoms with van der Waals surface area (Å²) in [6, 6.07) is 0. The van der Waals surface area contributed by atoms with Gasteiger partial charge in [-0.1, -0.05) is 24.3 Å². The molecule has 8 heteroatoms. The third-order valence-electron chi connectivity index (χ3n) is 0.729. The number of hydrogen-bond donors (Lipinski definition) is 0. The molecule has 0 unspecified atom stereocenters. The van der Waals surface area contributed by atoms with Crippen LogP contribution in [0.1, 0.15) is 13.8 Å². The zero-order chi connectivity index (χ0) is 17.2. The van der Waals surface area contributed by atoms with Gasteiger partial charge >= 0.3 is 62.0 Å². The van der Waals surface area contributed by atoms with Crippen molar-refractivity contribution in [3.05, 3.63) is 50.9 Å². The second kappa shape index (κ2) is 218. The molecule has 20 heavy (non-hydrogen) atoms. The van der Waals surface area contributed by atoms with E-state index in [1.54, 1.807) is 0 Å². The molecule has 2 radical (unpaired) electrons. The van der Waals surface area contributed by atoms with Crippen LogP contribution in [-0.2, 0) is 61.8 Å². The van der Waals surface area contributed by atoms with Crippen molar-refractivity contribution in [3.8, 4) is 0 Å². The standard InChI is InChI=1S/C6H10.2CHO.4CO.2Co/c1-5(2)6(3)4;6*1-2;;/h1,3H2,2,4H3;2*1H;;;;;;/q;2*-1;;;;;;+2. The zero-order valence-corrected chi connectivity index (χ0v) is 12.8. The minimum Gasteiger partial charge on any atom is -0.545 e. The Morgan fingerprint density at radius 1 is 0.700 bits per heavy atom. The smallest absolute Gasteiger partial charge is 0.545 e. The van der Waals surface area contributed by atoms with E-state index in [0.29, 0.717) is 0 Å². The number of carbonyl (C=O) groups excluding carboxylic acids is 2. The van der Waals surface area contributed by atoms with E-state index >= 15 is 0 Å². The molecule has 0 bridgehead atoms. The molecule has 0 amide bonds. The maximum absolute atomic E-state index is 7.75. The fourth-order valence-electron chi connectivity index (χ4n) is 0. The Morgan fingerprint density at radius 3 is 0.750 bits per heavy atom. The molecule has 0 aromatic rings. The minimum atomic E-state index is 0. The van der Waals surface area contributed by atoms with E-state index in [4.69, 9.17) is 28.2 Å². The largest absolute Gasteiger partial charge is 2.00 e. The Hall–Kier alpha value is -1.21. The van der Waals surface area contributed by atoms with Crippen molar-refractivity contribution in [3.63, 3.8) is 0 Å². The van der Waals surface area contributed by atoms with Gasteiger partial charge in [0.15, 0.2) is 0 Å². The first-order chi connectivity index (χ1) is 8.64. The summed E-state index contributed by atoms with van der Waals surface area (Å²) in [5, 5.41) is 0. The van der Waals surface area contributed by atoms with Crippen LogP contribution in [0.5, 0.6) is 0 Å². The van der Waals surface area contributed by atoms with E-state index in [1.807, 2.05) is 13.8 Å². The van der Waals surface area contributed by atoms with Gasteiger partial charge in [-0.2, -0.15) is 0 Å². The molecule has 0 aliphatic heterocycles. The summed E-state index contributed by atoms with van der Waals surface area (Å²) in [5.74, 6) is 0. The van der Waals surface area contributed by atoms with Gasteiger partial charge in [0.05, 0.1) is 0 Å². The number of allylic oxidation sites excluding steroid dienone is 2. The Bertz CT molecular complexity index is 205. The van der Waals surface area contributed by atoms with Crippen molar-refractivity contribution in [2.75, 3.05) is 0 Å². The first-order valence-electron chi connectivity index (χ1n) is 3.25. The Balaban J connectivity index is -0.0000000109. The normalized spacial score (nSPS) is 3.10. The van der Waals surface area contributed by atoms with E-state index in [0.717, 1.165) is 11.1 Å². The van der Waals surface area contributed by atoms with Crippen LogP contribution < -0.4 is 0 Å². The summed E-state index contributed by atoms with van der Waals surface area (Å²) in [6.45, 7) is 35.7. The molecular weight excluding hydrogens is 358 g/mol. The molecule has 0 aromatic heterocycles.